The Hall–Kier alpha value is -0.170. The fourth-order valence-corrected chi connectivity index (χ4v) is 2.96. The predicted molar refractivity (Wildman–Crippen MR) is 56.3 cm³/mol. The van der Waals surface area contributed by atoms with Crippen molar-refractivity contribution in [3.05, 3.63) is 0 Å². The van der Waals surface area contributed by atoms with Crippen molar-refractivity contribution in [2.45, 2.75) is 26.3 Å². The second kappa shape index (κ2) is 5.06. The van der Waals surface area contributed by atoms with Crippen LogP contribution in [0.5, 0.6) is 0 Å². The highest BCUT2D eigenvalue weighted by molar-refractivity contribution is 7.87. The number of hydrogen-bond donors (Lipinski definition) is 2. The van der Waals surface area contributed by atoms with Crippen LogP contribution in [0.3, 0.4) is 0 Å². The van der Waals surface area contributed by atoms with Gasteiger partial charge in [-0.25, -0.2) is 4.72 Å². The van der Waals surface area contributed by atoms with Crippen molar-refractivity contribution in [1.29, 1.82) is 0 Å². The first-order valence-electron chi connectivity index (χ1n) is 5.09. The SMILES string of the molecule is CCCN(C1CNC1)S(=O)(=O)NCC. The summed E-state index contributed by atoms with van der Waals surface area (Å²) in [5.74, 6) is 0. The van der Waals surface area contributed by atoms with E-state index in [-0.39, 0.29) is 6.04 Å². The molecule has 0 radical (unpaired) electrons. The maximum absolute atomic E-state index is 11.7. The highest BCUT2D eigenvalue weighted by Crippen LogP contribution is 2.10. The largest absolute Gasteiger partial charge is 0.313 e. The van der Waals surface area contributed by atoms with Crippen LogP contribution in [-0.4, -0.2) is 44.9 Å². The molecule has 0 bridgehead atoms. The molecule has 84 valence electrons. The summed E-state index contributed by atoms with van der Waals surface area (Å²) in [6.45, 7) is 6.36. The van der Waals surface area contributed by atoms with Gasteiger partial charge in [-0.3, -0.25) is 0 Å². The maximum atomic E-state index is 11.7. The molecule has 1 aliphatic rings. The molecule has 1 heterocycles. The topological polar surface area (TPSA) is 61.4 Å². The van der Waals surface area contributed by atoms with Crippen LogP contribution in [0.4, 0.5) is 0 Å². The Balaban J connectivity index is 2.65. The minimum Gasteiger partial charge on any atom is -0.313 e. The summed E-state index contributed by atoms with van der Waals surface area (Å²) in [7, 11) is -3.25. The third-order valence-corrected chi connectivity index (χ3v) is 4.00. The fourth-order valence-electron chi connectivity index (χ4n) is 1.46. The van der Waals surface area contributed by atoms with Crippen LogP contribution in [-0.2, 0) is 10.2 Å². The monoisotopic (exact) mass is 221 g/mol. The van der Waals surface area contributed by atoms with Crippen molar-refractivity contribution in [2.24, 2.45) is 0 Å². The molecule has 0 spiro atoms. The molecule has 0 aliphatic carbocycles. The van der Waals surface area contributed by atoms with Gasteiger partial charge in [0.1, 0.15) is 0 Å². The Morgan fingerprint density at radius 3 is 2.43 bits per heavy atom. The summed E-state index contributed by atoms with van der Waals surface area (Å²) in [5.41, 5.74) is 0. The Morgan fingerprint density at radius 2 is 2.07 bits per heavy atom. The average molecular weight is 221 g/mol. The molecule has 0 saturated carbocycles. The second-order valence-corrected chi connectivity index (χ2v) is 5.13. The molecule has 5 nitrogen and oxygen atoms in total. The number of rotatable bonds is 6. The van der Waals surface area contributed by atoms with Crippen LogP contribution in [0.1, 0.15) is 20.3 Å². The van der Waals surface area contributed by atoms with Gasteiger partial charge >= 0.3 is 0 Å². The lowest BCUT2D eigenvalue weighted by molar-refractivity contribution is 0.239. The van der Waals surface area contributed by atoms with E-state index in [9.17, 15) is 8.42 Å². The molecule has 1 rings (SSSR count). The van der Waals surface area contributed by atoms with Crippen LogP contribution in [0.15, 0.2) is 0 Å². The standard InChI is InChI=1S/C8H19N3O2S/c1-3-5-11(8-6-9-7-8)14(12,13)10-4-2/h8-10H,3-7H2,1-2H3. The smallest absolute Gasteiger partial charge is 0.279 e. The van der Waals surface area contributed by atoms with E-state index in [0.29, 0.717) is 13.1 Å². The fraction of sp³-hybridized carbons (Fsp3) is 1.00. The molecule has 1 aliphatic heterocycles. The van der Waals surface area contributed by atoms with Crippen LogP contribution < -0.4 is 10.0 Å². The van der Waals surface area contributed by atoms with Gasteiger partial charge in [0.25, 0.3) is 10.2 Å². The first kappa shape index (κ1) is 11.9. The molecule has 0 aromatic rings. The van der Waals surface area contributed by atoms with Gasteiger partial charge in [-0.1, -0.05) is 13.8 Å². The van der Waals surface area contributed by atoms with E-state index < -0.39 is 10.2 Å². The van der Waals surface area contributed by atoms with E-state index in [2.05, 4.69) is 10.0 Å². The summed E-state index contributed by atoms with van der Waals surface area (Å²) in [5, 5.41) is 3.08. The van der Waals surface area contributed by atoms with Gasteiger partial charge in [0, 0.05) is 26.2 Å². The van der Waals surface area contributed by atoms with Crippen molar-refractivity contribution in [1.82, 2.24) is 14.3 Å². The lowest BCUT2D eigenvalue weighted by atomic mass is 10.2. The molecule has 0 atom stereocenters. The molecule has 0 aromatic carbocycles. The molecular formula is C8H19N3O2S. The minimum atomic E-state index is -3.25. The Bertz CT molecular complexity index is 262. The number of nitrogens with one attached hydrogen (secondary N) is 2. The van der Waals surface area contributed by atoms with E-state index >= 15 is 0 Å². The molecule has 0 unspecified atom stereocenters. The first-order chi connectivity index (χ1) is 6.61. The zero-order chi connectivity index (χ0) is 10.6. The van der Waals surface area contributed by atoms with E-state index in [0.717, 1.165) is 19.5 Å². The zero-order valence-electron chi connectivity index (χ0n) is 8.78. The van der Waals surface area contributed by atoms with Gasteiger partial charge in [-0.15, -0.1) is 0 Å². The first-order valence-corrected chi connectivity index (χ1v) is 6.53. The van der Waals surface area contributed by atoms with Crippen LogP contribution in [0, 0.1) is 0 Å². The van der Waals surface area contributed by atoms with Crippen LogP contribution in [0.25, 0.3) is 0 Å². The van der Waals surface area contributed by atoms with E-state index in [1.54, 1.807) is 11.2 Å². The molecule has 1 fully saturated rings. The van der Waals surface area contributed by atoms with Crippen LogP contribution in [0.2, 0.25) is 0 Å². The van der Waals surface area contributed by atoms with Crippen molar-refractivity contribution in [3.63, 3.8) is 0 Å². The van der Waals surface area contributed by atoms with Crippen molar-refractivity contribution >= 4 is 10.2 Å². The summed E-state index contributed by atoms with van der Waals surface area (Å²) < 4.78 is 27.6. The van der Waals surface area contributed by atoms with Gasteiger partial charge < -0.3 is 5.32 Å². The molecular weight excluding hydrogens is 202 g/mol. The Labute approximate surface area is 86.0 Å². The zero-order valence-corrected chi connectivity index (χ0v) is 9.60. The highest BCUT2D eigenvalue weighted by atomic mass is 32.2. The van der Waals surface area contributed by atoms with E-state index in [4.69, 9.17) is 0 Å². The molecule has 1 saturated heterocycles. The quantitative estimate of drug-likeness (QED) is 0.637. The van der Waals surface area contributed by atoms with E-state index in [1.165, 1.54) is 0 Å². The van der Waals surface area contributed by atoms with Crippen molar-refractivity contribution in [2.75, 3.05) is 26.2 Å². The number of nitrogens with zero attached hydrogens (tertiary/aromatic N) is 1. The van der Waals surface area contributed by atoms with Gasteiger partial charge in [0.05, 0.1) is 6.04 Å². The third-order valence-electron chi connectivity index (χ3n) is 2.25. The summed E-state index contributed by atoms with van der Waals surface area (Å²) in [6, 6.07) is 0.138. The molecule has 6 heteroatoms. The van der Waals surface area contributed by atoms with Gasteiger partial charge in [-0.05, 0) is 6.42 Å². The van der Waals surface area contributed by atoms with Crippen molar-refractivity contribution < 1.29 is 8.42 Å². The lowest BCUT2D eigenvalue weighted by Crippen LogP contribution is -2.60. The van der Waals surface area contributed by atoms with Gasteiger partial charge in [0.15, 0.2) is 0 Å². The third kappa shape index (κ3) is 2.66. The van der Waals surface area contributed by atoms with Crippen LogP contribution >= 0.6 is 0 Å². The predicted octanol–water partition coefficient (Wildman–Crippen LogP) is -0.475. The normalized spacial score (nSPS) is 18.5. The Kier molecular flexibility index (Phi) is 4.31. The molecule has 14 heavy (non-hydrogen) atoms. The molecule has 0 aromatic heterocycles. The van der Waals surface area contributed by atoms with Crippen molar-refractivity contribution in [3.8, 4) is 0 Å². The van der Waals surface area contributed by atoms with Gasteiger partial charge in [-0.2, -0.15) is 12.7 Å². The summed E-state index contributed by atoms with van der Waals surface area (Å²) in [6.07, 6.45) is 0.848. The minimum absolute atomic E-state index is 0.138. The Morgan fingerprint density at radius 1 is 1.43 bits per heavy atom. The second-order valence-electron chi connectivity index (χ2n) is 3.43. The van der Waals surface area contributed by atoms with Gasteiger partial charge in [0.2, 0.25) is 0 Å². The molecule has 2 N–H and O–H groups in total. The molecule has 0 amide bonds. The summed E-state index contributed by atoms with van der Waals surface area (Å²) >= 11 is 0. The highest BCUT2D eigenvalue weighted by Gasteiger charge is 2.32. The van der Waals surface area contributed by atoms with E-state index in [1.807, 2.05) is 6.92 Å². The maximum Gasteiger partial charge on any atom is 0.279 e. The number of hydrogen-bond acceptors (Lipinski definition) is 3. The summed E-state index contributed by atoms with van der Waals surface area (Å²) in [4.78, 5) is 0. The lowest BCUT2D eigenvalue weighted by Gasteiger charge is -2.36. The average Bonchev–Trinajstić information content (AvgIpc) is 2.00.